The highest BCUT2D eigenvalue weighted by atomic mass is 32.2. The van der Waals surface area contributed by atoms with Crippen molar-refractivity contribution >= 4 is 15.9 Å². The number of carbonyl (C=O) groups excluding carboxylic acids is 1. The highest BCUT2D eigenvalue weighted by Gasteiger charge is 2.20. The van der Waals surface area contributed by atoms with Crippen LogP contribution in [0.3, 0.4) is 0 Å². The van der Waals surface area contributed by atoms with Gasteiger partial charge < -0.3 is 14.4 Å². The minimum Gasteiger partial charge on any atom is -0.493 e. The number of carbonyl (C=O) groups is 1. The Morgan fingerprint density at radius 1 is 1.10 bits per heavy atom. The number of nitrogens with one attached hydrogen (secondary N) is 1. The van der Waals surface area contributed by atoms with Crippen LogP contribution in [-0.4, -0.2) is 47.0 Å². The second-order valence-electron chi connectivity index (χ2n) is 6.40. The number of ether oxygens (including phenoxy) is 2. The molecule has 0 spiro atoms. The van der Waals surface area contributed by atoms with Crippen molar-refractivity contribution < 1.29 is 27.1 Å². The number of hydrogen-bond donors (Lipinski definition) is 1. The van der Waals surface area contributed by atoms with Gasteiger partial charge in [-0.25, -0.2) is 17.5 Å². The molecule has 1 unspecified atom stereocenters. The average Bonchev–Trinajstić information content (AvgIpc) is 2.72. The van der Waals surface area contributed by atoms with Gasteiger partial charge in [0.15, 0.2) is 11.5 Å². The fourth-order valence-electron chi connectivity index (χ4n) is 2.72. The van der Waals surface area contributed by atoms with E-state index < -0.39 is 10.0 Å². The van der Waals surface area contributed by atoms with E-state index in [9.17, 15) is 17.6 Å². The summed E-state index contributed by atoms with van der Waals surface area (Å²) in [6, 6.07) is 9.87. The summed E-state index contributed by atoms with van der Waals surface area (Å²) < 4.78 is 50.6. The van der Waals surface area contributed by atoms with E-state index in [-0.39, 0.29) is 35.6 Å². The van der Waals surface area contributed by atoms with Crippen molar-refractivity contribution in [2.45, 2.75) is 24.3 Å². The van der Waals surface area contributed by atoms with Gasteiger partial charge in [0.1, 0.15) is 5.82 Å². The van der Waals surface area contributed by atoms with Crippen LogP contribution in [0.1, 0.15) is 24.9 Å². The Morgan fingerprint density at radius 2 is 1.72 bits per heavy atom. The molecule has 2 aromatic carbocycles. The predicted octanol–water partition coefficient (Wildman–Crippen LogP) is 2.73. The van der Waals surface area contributed by atoms with Gasteiger partial charge in [-0.3, -0.25) is 4.79 Å². The Hall–Kier alpha value is -2.65. The topological polar surface area (TPSA) is 84.9 Å². The van der Waals surface area contributed by atoms with Gasteiger partial charge in [-0.15, -0.1) is 0 Å². The van der Waals surface area contributed by atoms with Crippen LogP contribution in [0, 0.1) is 5.82 Å². The molecule has 0 bridgehead atoms. The van der Waals surface area contributed by atoms with Gasteiger partial charge in [0, 0.05) is 26.1 Å². The first kappa shape index (κ1) is 22.6. The van der Waals surface area contributed by atoms with Crippen molar-refractivity contribution in [2.24, 2.45) is 0 Å². The Labute approximate surface area is 170 Å². The highest BCUT2D eigenvalue weighted by molar-refractivity contribution is 7.89. The number of benzene rings is 2. The lowest BCUT2D eigenvalue weighted by Crippen LogP contribution is -2.33. The molecular formula is C20H25FN2O5S. The second kappa shape index (κ2) is 9.71. The Morgan fingerprint density at radius 3 is 2.31 bits per heavy atom. The van der Waals surface area contributed by atoms with Crippen molar-refractivity contribution in [3.8, 4) is 11.5 Å². The van der Waals surface area contributed by atoms with Gasteiger partial charge in [0.25, 0.3) is 0 Å². The van der Waals surface area contributed by atoms with Crippen LogP contribution in [0.2, 0.25) is 0 Å². The maximum atomic E-state index is 13.1. The van der Waals surface area contributed by atoms with Crippen LogP contribution in [0.15, 0.2) is 47.4 Å². The fraction of sp³-hybridized carbons (Fsp3) is 0.350. The molecule has 0 radical (unpaired) electrons. The van der Waals surface area contributed by atoms with Gasteiger partial charge in [0.05, 0.1) is 25.2 Å². The van der Waals surface area contributed by atoms with Crippen LogP contribution in [-0.2, 0) is 14.8 Å². The molecule has 0 fully saturated rings. The summed E-state index contributed by atoms with van der Waals surface area (Å²) in [5.41, 5.74) is 0.785. The number of amides is 1. The summed E-state index contributed by atoms with van der Waals surface area (Å²) in [5, 5.41) is 0. The second-order valence-corrected chi connectivity index (χ2v) is 8.16. The molecule has 1 N–H and O–H groups in total. The zero-order valence-corrected chi connectivity index (χ0v) is 17.6. The molecule has 1 atom stereocenters. The molecule has 0 saturated heterocycles. The Kier molecular flexibility index (Phi) is 7.58. The minimum atomic E-state index is -3.81. The summed E-state index contributed by atoms with van der Waals surface area (Å²) >= 11 is 0. The maximum Gasteiger partial charge on any atom is 0.240 e. The van der Waals surface area contributed by atoms with E-state index in [1.807, 2.05) is 6.92 Å². The minimum absolute atomic E-state index is 0.00985. The number of nitrogens with zero attached hydrogens (tertiary/aromatic N) is 1. The molecule has 2 aromatic rings. The van der Waals surface area contributed by atoms with Crippen LogP contribution < -0.4 is 14.2 Å². The first-order valence-electron chi connectivity index (χ1n) is 8.92. The summed E-state index contributed by atoms with van der Waals surface area (Å²) in [6.45, 7) is 1.76. The lowest BCUT2D eigenvalue weighted by Gasteiger charge is -2.25. The van der Waals surface area contributed by atoms with Gasteiger partial charge in [-0.1, -0.05) is 12.1 Å². The average molecular weight is 424 g/mol. The van der Waals surface area contributed by atoms with E-state index in [1.54, 1.807) is 19.2 Å². The van der Waals surface area contributed by atoms with Crippen molar-refractivity contribution in [3.05, 3.63) is 53.8 Å². The van der Waals surface area contributed by atoms with E-state index in [2.05, 4.69) is 4.72 Å². The SMILES string of the molecule is COc1ccc(S(=O)(=O)NCCC(=O)N(C)C(C)c2ccc(F)cc2)cc1OC. The molecule has 0 aromatic heterocycles. The van der Waals surface area contributed by atoms with E-state index in [0.29, 0.717) is 11.5 Å². The molecule has 7 nitrogen and oxygen atoms in total. The fourth-order valence-corrected chi connectivity index (χ4v) is 3.76. The lowest BCUT2D eigenvalue weighted by atomic mass is 10.1. The van der Waals surface area contributed by atoms with Crippen molar-refractivity contribution in [1.82, 2.24) is 9.62 Å². The lowest BCUT2D eigenvalue weighted by molar-refractivity contribution is -0.131. The van der Waals surface area contributed by atoms with E-state index >= 15 is 0 Å². The first-order valence-corrected chi connectivity index (χ1v) is 10.4. The number of halogens is 1. The third-order valence-electron chi connectivity index (χ3n) is 4.62. The molecule has 1 amide bonds. The van der Waals surface area contributed by atoms with Gasteiger partial charge in [-0.05, 0) is 36.8 Å². The highest BCUT2D eigenvalue weighted by Crippen LogP contribution is 2.29. The molecule has 29 heavy (non-hydrogen) atoms. The van der Waals surface area contributed by atoms with Crippen molar-refractivity contribution in [1.29, 1.82) is 0 Å². The normalized spacial score (nSPS) is 12.3. The number of hydrogen-bond acceptors (Lipinski definition) is 5. The standard InChI is InChI=1S/C20H25FN2O5S/c1-14(15-5-7-16(21)8-6-15)23(2)20(24)11-12-22-29(25,26)17-9-10-18(27-3)19(13-17)28-4/h5-10,13-14,22H,11-12H2,1-4H3. The number of sulfonamides is 1. The molecule has 2 rings (SSSR count). The molecule has 0 aliphatic heterocycles. The van der Waals surface area contributed by atoms with E-state index in [0.717, 1.165) is 5.56 Å². The zero-order valence-electron chi connectivity index (χ0n) is 16.8. The summed E-state index contributed by atoms with van der Waals surface area (Å²) in [7, 11) is 0.683. The Balaban J connectivity index is 1.97. The van der Waals surface area contributed by atoms with E-state index in [1.165, 1.54) is 49.5 Å². The molecular weight excluding hydrogens is 399 g/mol. The first-order chi connectivity index (χ1) is 13.7. The number of methoxy groups -OCH3 is 2. The molecule has 158 valence electrons. The van der Waals surface area contributed by atoms with Gasteiger partial charge in [-0.2, -0.15) is 0 Å². The van der Waals surface area contributed by atoms with Crippen LogP contribution in [0.25, 0.3) is 0 Å². The molecule has 0 heterocycles. The molecule has 0 aliphatic rings. The number of rotatable bonds is 9. The smallest absolute Gasteiger partial charge is 0.240 e. The van der Waals surface area contributed by atoms with Crippen LogP contribution in [0.5, 0.6) is 11.5 Å². The summed E-state index contributed by atoms with van der Waals surface area (Å²) in [4.78, 5) is 13.9. The largest absolute Gasteiger partial charge is 0.493 e. The summed E-state index contributed by atoms with van der Waals surface area (Å²) in [5.74, 6) is 0.119. The van der Waals surface area contributed by atoms with Crippen molar-refractivity contribution in [3.63, 3.8) is 0 Å². The quantitative estimate of drug-likeness (QED) is 0.669. The molecule has 9 heteroatoms. The van der Waals surface area contributed by atoms with Crippen molar-refractivity contribution in [2.75, 3.05) is 27.8 Å². The van der Waals surface area contributed by atoms with Gasteiger partial charge in [0.2, 0.25) is 15.9 Å². The maximum absolute atomic E-state index is 13.1. The van der Waals surface area contributed by atoms with Crippen LogP contribution in [0.4, 0.5) is 4.39 Å². The summed E-state index contributed by atoms with van der Waals surface area (Å²) in [6.07, 6.45) is -0.0193. The Bertz CT molecular complexity index is 948. The third-order valence-corrected chi connectivity index (χ3v) is 6.08. The van der Waals surface area contributed by atoms with Gasteiger partial charge >= 0.3 is 0 Å². The monoisotopic (exact) mass is 424 g/mol. The zero-order chi connectivity index (χ0) is 21.6. The predicted molar refractivity (Wildman–Crippen MR) is 107 cm³/mol. The molecule has 0 aliphatic carbocycles. The molecule has 0 saturated carbocycles. The van der Waals surface area contributed by atoms with E-state index in [4.69, 9.17) is 9.47 Å². The third kappa shape index (κ3) is 5.68. The van der Waals surface area contributed by atoms with Crippen LogP contribution >= 0.6 is 0 Å².